The molecule has 152 valence electrons. The molecule has 1 aromatic heterocycles. The van der Waals surface area contributed by atoms with E-state index in [9.17, 15) is 13.2 Å². The quantitative estimate of drug-likeness (QED) is 0.705. The minimum absolute atomic E-state index is 0.00346. The Labute approximate surface area is 165 Å². The topological polar surface area (TPSA) is 80.1 Å². The number of carbonyl (C=O) groups is 1. The molecule has 1 amide bonds. The van der Waals surface area contributed by atoms with E-state index in [1.54, 1.807) is 48.4 Å². The maximum Gasteiger partial charge on any atom is 0.243 e. The standard InChI is InChI=1S/C20H26N2O5S/c1-16-5-7-19(8-6-16)28(24,25)22(14-18-4-3-13-27-18)15-20(23)21-11-9-17(26-2)10-12-21/h3-8,13,17H,9-12,14-15H2,1-2H3. The van der Waals surface area contributed by atoms with Gasteiger partial charge < -0.3 is 14.1 Å². The van der Waals surface area contributed by atoms with Gasteiger partial charge in [-0.25, -0.2) is 8.42 Å². The zero-order valence-corrected chi connectivity index (χ0v) is 17.0. The number of aryl methyl sites for hydroxylation is 1. The summed E-state index contributed by atoms with van der Waals surface area (Å²) in [5, 5.41) is 0. The van der Waals surface area contributed by atoms with Gasteiger partial charge in [-0.05, 0) is 44.0 Å². The molecule has 0 atom stereocenters. The molecular formula is C20H26N2O5S. The molecule has 8 heteroatoms. The van der Waals surface area contributed by atoms with Crippen LogP contribution in [-0.2, 0) is 26.1 Å². The van der Waals surface area contributed by atoms with Gasteiger partial charge in [0.1, 0.15) is 5.76 Å². The predicted molar refractivity (Wildman–Crippen MR) is 104 cm³/mol. The number of amides is 1. The van der Waals surface area contributed by atoms with Gasteiger partial charge in [-0.2, -0.15) is 4.31 Å². The second-order valence-corrected chi connectivity index (χ2v) is 8.92. The van der Waals surface area contributed by atoms with Gasteiger partial charge in [0.15, 0.2) is 0 Å². The molecule has 0 bridgehead atoms. The Morgan fingerprint density at radius 1 is 1.21 bits per heavy atom. The molecule has 0 radical (unpaired) electrons. The molecule has 1 aliphatic rings. The van der Waals surface area contributed by atoms with Crippen molar-refractivity contribution in [3.63, 3.8) is 0 Å². The zero-order valence-electron chi connectivity index (χ0n) is 16.2. The van der Waals surface area contributed by atoms with Crippen LogP contribution in [0.1, 0.15) is 24.2 Å². The number of ether oxygens (including phenoxy) is 1. The molecule has 2 heterocycles. The fourth-order valence-electron chi connectivity index (χ4n) is 3.25. The summed E-state index contributed by atoms with van der Waals surface area (Å²) < 4.78 is 38.2. The highest BCUT2D eigenvalue weighted by Gasteiger charge is 2.30. The fourth-order valence-corrected chi connectivity index (χ4v) is 4.61. The van der Waals surface area contributed by atoms with Crippen LogP contribution in [0.5, 0.6) is 0 Å². The summed E-state index contributed by atoms with van der Waals surface area (Å²) in [6, 6.07) is 10.0. The average molecular weight is 407 g/mol. The normalized spacial score (nSPS) is 15.9. The van der Waals surface area contributed by atoms with Crippen LogP contribution in [0.15, 0.2) is 52.0 Å². The summed E-state index contributed by atoms with van der Waals surface area (Å²) in [4.78, 5) is 14.7. The van der Waals surface area contributed by atoms with Crippen LogP contribution in [0.3, 0.4) is 0 Å². The maximum atomic E-state index is 13.2. The number of hydrogen-bond donors (Lipinski definition) is 0. The van der Waals surface area contributed by atoms with Crippen LogP contribution in [0.2, 0.25) is 0 Å². The molecule has 1 saturated heterocycles. The molecule has 0 aliphatic carbocycles. The van der Waals surface area contributed by atoms with E-state index in [2.05, 4.69) is 0 Å². The third-order valence-corrected chi connectivity index (χ3v) is 6.82. The van der Waals surface area contributed by atoms with Crippen LogP contribution in [0, 0.1) is 6.92 Å². The number of nitrogens with zero attached hydrogens (tertiary/aromatic N) is 2. The third-order valence-electron chi connectivity index (χ3n) is 5.01. The van der Waals surface area contributed by atoms with Crippen LogP contribution in [0.25, 0.3) is 0 Å². The van der Waals surface area contributed by atoms with Crippen molar-refractivity contribution < 1.29 is 22.4 Å². The summed E-state index contributed by atoms with van der Waals surface area (Å²) in [7, 11) is -2.17. The largest absolute Gasteiger partial charge is 0.468 e. The Kier molecular flexibility index (Phi) is 6.53. The van der Waals surface area contributed by atoms with Gasteiger partial charge in [-0.1, -0.05) is 17.7 Å². The van der Waals surface area contributed by atoms with Crippen LogP contribution in [0.4, 0.5) is 0 Å². The molecule has 0 unspecified atom stereocenters. The highest BCUT2D eigenvalue weighted by molar-refractivity contribution is 7.89. The van der Waals surface area contributed by atoms with Gasteiger partial charge in [-0.15, -0.1) is 0 Å². The number of piperidine rings is 1. The van der Waals surface area contributed by atoms with Crippen molar-refractivity contribution in [3.05, 3.63) is 54.0 Å². The lowest BCUT2D eigenvalue weighted by Gasteiger charge is -2.32. The zero-order chi connectivity index (χ0) is 20.1. The number of carbonyl (C=O) groups excluding carboxylic acids is 1. The number of furan rings is 1. The van der Waals surface area contributed by atoms with E-state index in [-0.39, 0.29) is 30.0 Å². The van der Waals surface area contributed by atoms with Crippen molar-refractivity contribution in [2.45, 2.75) is 37.3 Å². The number of likely N-dealkylation sites (tertiary alicyclic amines) is 1. The van der Waals surface area contributed by atoms with E-state index in [0.717, 1.165) is 18.4 Å². The Morgan fingerprint density at radius 2 is 1.89 bits per heavy atom. The Morgan fingerprint density at radius 3 is 2.46 bits per heavy atom. The monoisotopic (exact) mass is 406 g/mol. The minimum atomic E-state index is -3.84. The molecule has 3 rings (SSSR count). The Hall–Kier alpha value is -2.16. The number of methoxy groups -OCH3 is 1. The Balaban J connectivity index is 1.79. The molecule has 2 aromatic rings. The van der Waals surface area contributed by atoms with E-state index in [1.165, 1.54) is 10.6 Å². The number of rotatable bonds is 7. The van der Waals surface area contributed by atoms with Gasteiger partial charge in [0, 0.05) is 20.2 Å². The Bertz CT molecular complexity index is 870. The van der Waals surface area contributed by atoms with E-state index in [0.29, 0.717) is 18.8 Å². The molecule has 0 N–H and O–H groups in total. The van der Waals surface area contributed by atoms with Gasteiger partial charge in [-0.3, -0.25) is 4.79 Å². The highest BCUT2D eigenvalue weighted by Crippen LogP contribution is 2.20. The van der Waals surface area contributed by atoms with Gasteiger partial charge in [0.2, 0.25) is 15.9 Å². The lowest BCUT2D eigenvalue weighted by Crippen LogP contribution is -2.46. The number of sulfonamides is 1. The van der Waals surface area contributed by atoms with Crippen molar-refractivity contribution in [2.75, 3.05) is 26.7 Å². The fraction of sp³-hybridized carbons (Fsp3) is 0.450. The maximum absolute atomic E-state index is 13.2. The number of benzene rings is 1. The smallest absolute Gasteiger partial charge is 0.243 e. The van der Waals surface area contributed by atoms with Crippen LogP contribution < -0.4 is 0 Å². The van der Waals surface area contributed by atoms with Crippen molar-refractivity contribution >= 4 is 15.9 Å². The van der Waals surface area contributed by atoms with Gasteiger partial charge >= 0.3 is 0 Å². The molecule has 0 spiro atoms. The summed E-state index contributed by atoms with van der Waals surface area (Å²) in [5.74, 6) is 0.276. The molecule has 1 fully saturated rings. The molecular weight excluding hydrogens is 380 g/mol. The van der Waals surface area contributed by atoms with E-state index in [4.69, 9.17) is 9.15 Å². The van der Waals surface area contributed by atoms with Gasteiger partial charge in [0.05, 0.1) is 30.4 Å². The third kappa shape index (κ3) is 4.81. The number of hydrogen-bond acceptors (Lipinski definition) is 5. The first-order valence-corrected chi connectivity index (χ1v) is 10.7. The minimum Gasteiger partial charge on any atom is -0.468 e. The predicted octanol–water partition coefficient (Wildman–Crippen LogP) is 2.42. The molecule has 1 aliphatic heterocycles. The molecule has 0 saturated carbocycles. The van der Waals surface area contributed by atoms with E-state index in [1.807, 2.05) is 6.92 Å². The second-order valence-electron chi connectivity index (χ2n) is 6.98. The van der Waals surface area contributed by atoms with Crippen molar-refractivity contribution in [1.29, 1.82) is 0 Å². The lowest BCUT2D eigenvalue weighted by molar-refractivity contribution is -0.133. The molecule has 28 heavy (non-hydrogen) atoms. The second kappa shape index (κ2) is 8.89. The van der Waals surface area contributed by atoms with Gasteiger partial charge in [0.25, 0.3) is 0 Å². The SMILES string of the molecule is COC1CCN(C(=O)CN(Cc2ccco2)S(=O)(=O)c2ccc(C)cc2)CC1. The van der Waals surface area contributed by atoms with E-state index < -0.39 is 10.0 Å². The molecule has 7 nitrogen and oxygen atoms in total. The van der Waals surface area contributed by atoms with Crippen molar-refractivity contribution in [1.82, 2.24) is 9.21 Å². The summed E-state index contributed by atoms with van der Waals surface area (Å²) in [6.07, 6.45) is 3.15. The van der Waals surface area contributed by atoms with Crippen molar-refractivity contribution in [2.24, 2.45) is 0 Å². The summed E-state index contributed by atoms with van der Waals surface area (Å²) in [6.45, 7) is 2.80. The first-order chi connectivity index (χ1) is 13.4. The summed E-state index contributed by atoms with van der Waals surface area (Å²) in [5.41, 5.74) is 0.966. The summed E-state index contributed by atoms with van der Waals surface area (Å²) >= 11 is 0. The lowest BCUT2D eigenvalue weighted by atomic mass is 10.1. The van der Waals surface area contributed by atoms with Crippen LogP contribution in [-0.4, -0.2) is 56.4 Å². The highest BCUT2D eigenvalue weighted by atomic mass is 32.2. The van der Waals surface area contributed by atoms with Crippen molar-refractivity contribution in [3.8, 4) is 0 Å². The molecule has 1 aromatic carbocycles. The first kappa shape index (κ1) is 20.6. The van der Waals surface area contributed by atoms with Crippen LogP contribution >= 0.6 is 0 Å². The van der Waals surface area contributed by atoms with E-state index >= 15 is 0 Å². The average Bonchev–Trinajstić information content (AvgIpc) is 3.21. The first-order valence-electron chi connectivity index (χ1n) is 9.30.